The van der Waals surface area contributed by atoms with Crippen molar-refractivity contribution in [2.24, 2.45) is 9.98 Å². The lowest BCUT2D eigenvalue weighted by atomic mass is 10.1. The Hall–Kier alpha value is -4.51. The van der Waals surface area contributed by atoms with Gasteiger partial charge in [-0.2, -0.15) is 0 Å². The Bertz CT molecular complexity index is 1530. The first kappa shape index (κ1) is 26.7. The van der Waals surface area contributed by atoms with Crippen molar-refractivity contribution in [3.63, 3.8) is 0 Å². The molecule has 0 bridgehead atoms. The molecular formula is C30H28N6O4S. The number of carbonyl (C=O) groups is 2. The number of benzene rings is 3. The normalized spacial score (nSPS) is 18.0. The van der Waals surface area contributed by atoms with Crippen LogP contribution in [0.3, 0.4) is 0 Å². The summed E-state index contributed by atoms with van der Waals surface area (Å²) >= 11 is 1.38. The zero-order valence-electron chi connectivity index (χ0n) is 22.3. The fraction of sp³-hybridized carbons (Fsp3) is 0.267. The maximum Gasteiger partial charge on any atom is 0.269 e. The number of hydrogen-bond donors (Lipinski definition) is 0. The third-order valence-corrected chi connectivity index (χ3v) is 8.46. The number of para-hydroxylation sites is 2. The van der Waals surface area contributed by atoms with E-state index in [0.717, 1.165) is 35.6 Å². The van der Waals surface area contributed by atoms with Gasteiger partial charge in [0.1, 0.15) is 11.9 Å². The number of aliphatic imine (C=N–C) groups is 2. The van der Waals surface area contributed by atoms with E-state index in [4.69, 9.17) is 9.98 Å². The summed E-state index contributed by atoms with van der Waals surface area (Å²) in [6, 6.07) is 23.4. The number of fused-ring (bicyclic) bond motifs is 3. The van der Waals surface area contributed by atoms with Gasteiger partial charge in [-0.25, -0.2) is 9.89 Å². The number of hydrogen-bond acceptors (Lipinski definition) is 8. The second kappa shape index (κ2) is 11.5. The SMILES string of the molecule is O=C(CC[C@H]1N=C2c3ccccc3N=C(SCc3ccc([N+](=O)[O-])cc3)N2C1=O)N1CCN(c2ccccc2)CC1. The van der Waals surface area contributed by atoms with Gasteiger partial charge >= 0.3 is 0 Å². The third kappa shape index (κ3) is 5.58. The monoisotopic (exact) mass is 568 g/mol. The molecule has 6 rings (SSSR count). The fourth-order valence-electron chi connectivity index (χ4n) is 5.22. The smallest absolute Gasteiger partial charge is 0.269 e. The van der Waals surface area contributed by atoms with Crippen molar-refractivity contribution < 1.29 is 14.5 Å². The number of nitro benzene ring substituents is 1. The topological polar surface area (TPSA) is 112 Å². The van der Waals surface area contributed by atoms with Gasteiger partial charge in [0.15, 0.2) is 5.17 Å². The highest BCUT2D eigenvalue weighted by molar-refractivity contribution is 8.13. The summed E-state index contributed by atoms with van der Waals surface area (Å²) in [6.45, 7) is 2.85. The largest absolute Gasteiger partial charge is 0.368 e. The van der Waals surface area contributed by atoms with Gasteiger partial charge in [-0.1, -0.05) is 54.2 Å². The number of carbonyl (C=O) groups excluding carboxylic acids is 2. The molecular weight excluding hydrogens is 540 g/mol. The second-order valence-corrected chi connectivity index (χ2v) is 11.0. The molecule has 10 nitrogen and oxygen atoms in total. The zero-order chi connectivity index (χ0) is 28.3. The minimum Gasteiger partial charge on any atom is -0.368 e. The third-order valence-electron chi connectivity index (χ3n) is 7.45. The fourth-order valence-corrected chi connectivity index (χ4v) is 6.18. The van der Waals surface area contributed by atoms with Gasteiger partial charge < -0.3 is 9.80 Å². The summed E-state index contributed by atoms with van der Waals surface area (Å²) in [5.74, 6) is 0.887. The average Bonchev–Trinajstić information content (AvgIpc) is 3.35. The van der Waals surface area contributed by atoms with Gasteiger partial charge in [0.2, 0.25) is 5.91 Å². The molecule has 1 fully saturated rings. The molecule has 3 aromatic rings. The second-order valence-electron chi connectivity index (χ2n) is 10.0. The summed E-state index contributed by atoms with van der Waals surface area (Å²) in [7, 11) is 0. The molecule has 0 N–H and O–H groups in total. The predicted octanol–water partition coefficient (Wildman–Crippen LogP) is 4.62. The molecule has 0 aromatic heterocycles. The molecule has 11 heteroatoms. The van der Waals surface area contributed by atoms with Crippen molar-refractivity contribution in [2.45, 2.75) is 24.6 Å². The van der Waals surface area contributed by atoms with E-state index in [-0.39, 0.29) is 23.9 Å². The molecule has 3 aromatic carbocycles. The van der Waals surface area contributed by atoms with E-state index in [1.165, 1.54) is 23.9 Å². The van der Waals surface area contributed by atoms with Crippen LogP contribution in [0.2, 0.25) is 0 Å². The Balaban J connectivity index is 1.11. The van der Waals surface area contributed by atoms with Crippen molar-refractivity contribution in [3.05, 3.63) is 100 Å². The minimum atomic E-state index is -0.657. The summed E-state index contributed by atoms with van der Waals surface area (Å²) in [5, 5.41) is 11.5. The quantitative estimate of drug-likeness (QED) is 0.304. The number of piperazine rings is 1. The number of nitrogens with zero attached hydrogens (tertiary/aromatic N) is 6. The molecule has 1 saturated heterocycles. The van der Waals surface area contributed by atoms with Crippen molar-refractivity contribution in [1.82, 2.24) is 9.80 Å². The number of nitro groups is 1. The molecule has 2 amide bonds. The number of amidine groups is 2. The van der Waals surface area contributed by atoms with E-state index in [0.29, 0.717) is 36.3 Å². The van der Waals surface area contributed by atoms with Gasteiger partial charge in [0.05, 0.1) is 10.6 Å². The Kier molecular flexibility index (Phi) is 7.51. The lowest BCUT2D eigenvalue weighted by Crippen LogP contribution is -2.49. The van der Waals surface area contributed by atoms with Crippen molar-refractivity contribution in [1.29, 1.82) is 0 Å². The van der Waals surface area contributed by atoms with Crippen molar-refractivity contribution in [2.75, 3.05) is 31.1 Å². The van der Waals surface area contributed by atoms with Gasteiger partial charge in [-0.05, 0) is 36.2 Å². The van der Waals surface area contributed by atoms with Crippen LogP contribution in [0.15, 0.2) is 88.8 Å². The molecule has 0 radical (unpaired) electrons. The number of anilines is 1. The van der Waals surface area contributed by atoms with Gasteiger partial charge in [0.25, 0.3) is 11.6 Å². The lowest BCUT2D eigenvalue weighted by molar-refractivity contribution is -0.384. The van der Waals surface area contributed by atoms with E-state index >= 15 is 0 Å². The Labute approximate surface area is 241 Å². The van der Waals surface area contributed by atoms with E-state index in [1.54, 1.807) is 17.0 Å². The van der Waals surface area contributed by atoms with Crippen LogP contribution < -0.4 is 4.90 Å². The molecule has 3 aliphatic heterocycles. The summed E-state index contributed by atoms with van der Waals surface area (Å²) < 4.78 is 0. The van der Waals surface area contributed by atoms with Gasteiger partial charge in [0, 0.05) is 61.7 Å². The molecule has 208 valence electrons. The van der Waals surface area contributed by atoms with E-state index < -0.39 is 11.0 Å². The minimum absolute atomic E-state index is 0.0299. The van der Waals surface area contributed by atoms with Crippen LogP contribution in [-0.2, 0) is 15.3 Å². The van der Waals surface area contributed by atoms with Gasteiger partial charge in [-0.3, -0.25) is 24.7 Å². The lowest BCUT2D eigenvalue weighted by Gasteiger charge is -2.36. The van der Waals surface area contributed by atoms with Crippen molar-refractivity contribution >= 4 is 51.6 Å². The van der Waals surface area contributed by atoms with E-state index in [2.05, 4.69) is 17.0 Å². The van der Waals surface area contributed by atoms with Crippen LogP contribution >= 0.6 is 11.8 Å². The summed E-state index contributed by atoms with van der Waals surface area (Å²) in [6.07, 6.45) is 0.579. The first-order chi connectivity index (χ1) is 20.0. The van der Waals surface area contributed by atoms with E-state index in [1.807, 2.05) is 47.4 Å². The maximum atomic E-state index is 13.6. The van der Waals surface area contributed by atoms with Crippen LogP contribution in [0.1, 0.15) is 24.0 Å². The van der Waals surface area contributed by atoms with Crippen LogP contribution in [0, 0.1) is 10.1 Å². The highest BCUT2D eigenvalue weighted by Gasteiger charge is 2.41. The van der Waals surface area contributed by atoms with E-state index in [9.17, 15) is 19.7 Å². The molecule has 0 aliphatic carbocycles. The number of non-ortho nitro benzene ring substituents is 1. The molecule has 0 spiro atoms. The van der Waals surface area contributed by atoms with Crippen LogP contribution in [0.5, 0.6) is 0 Å². The highest BCUT2D eigenvalue weighted by Crippen LogP contribution is 2.35. The Morgan fingerprint density at radius 3 is 2.39 bits per heavy atom. The first-order valence-electron chi connectivity index (χ1n) is 13.5. The molecule has 41 heavy (non-hydrogen) atoms. The van der Waals surface area contributed by atoms with Gasteiger partial charge in [-0.15, -0.1) is 0 Å². The number of thioether (sulfide) groups is 1. The predicted molar refractivity (Wildman–Crippen MR) is 160 cm³/mol. The maximum absolute atomic E-state index is 13.6. The van der Waals surface area contributed by atoms with Crippen LogP contribution in [0.4, 0.5) is 17.1 Å². The van der Waals surface area contributed by atoms with Crippen LogP contribution in [-0.4, -0.2) is 69.8 Å². The summed E-state index contributed by atoms with van der Waals surface area (Å²) in [4.78, 5) is 52.5. The zero-order valence-corrected chi connectivity index (χ0v) is 23.1. The standard InChI is InChI=1S/C30H28N6O4S/c37-27(34-18-16-33(17-19-34)22-6-2-1-3-7-22)15-14-26-29(38)35-28(31-26)24-8-4-5-9-25(24)32-30(35)41-20-21-10-12-23(13-11-21)36(39)40/h1-13,26H,14-20H2/t26-/m1/s1. The molecule has 0 unspecified atom stereocenters. The number of amides is 2. The summed E-state index contributed by atoms with van der Waals surface area (Å²) in [5.41, 5.74) is 3.58. The Morgan fingerprint density at radius 2 is 1.66 bits per heavy atom. The molecule has 3 heterocycles. The first-order valence-corrected chi connectivity index (χ1v) is 14.5. The molecule has 1 atom stereocenters. The molecule has 0 saturated carbocycles. The average molecular weight is 569 g/mol. The Morgan fingerprint density at radius 1 is 0.951 bits per heavy atom. The number of rotatable bonds is 7. The molecule has 3 aliphatic rings. The van der Waals surface area contributed by atoms with Crippen LogP contribution in [0.25, 0.3) is 0 Å². The highest BCUT2D eigenvalue weighted by atomic mass is 32.2. The van der Waals surface area contributed by atoms with Crippen molar-refractivity contribution in [3.8, 4) is 0 Å².